The highest BCUT2D eigenvalue weighted by atomic mass is 19.4. The van der Waals surface area contributed by atoms with Gasteiger partial charge in [0.25, 0.3) is 0 Å². The minimum absolute atomic E-state index is 0.104. The lowest BCUT2D eigenvalue weighted by molar-refractivity contribution is -0.325. The van der Waals surface area contributed by atoms with Crippen LogP contribution in [-0.4, -0.2) is 22.7 Å². The van der Waals surface area contributed by atoms with Crippen molar-refractivity contribution in [3.8, 4) is 0 Å². The molecule has 0 N–H and O–H groups in total. The Labute approximate surface area is 66.7 Å². The van der Waals surface area contributed by atoms with Crippen molar-refractivity contribution in [3.63, 3.8) is 0 Å². The zero-order valence-electron chi connectivity index (χ0n) is 6.08. The highest BCUT2D eigenvalue weighted by Crippen LogP contribution is 2.15. The summed E-state index contributed by atoms with van der Waals surface area (Å²) in [6, 6.07) is 1.63. The summed E-state index contributed by atoms with van der Waals surface area (Å²) in [6.07, 6.45) is -1.49. The SMILES string of the molecule is FC(F)(F)OCCn1cccn1. The smallest absolute Gasteiger partial charge is 0.290 e. The number of nitrogens with zero attached hydrogens (tertiary/aromatic N) is 2. The number of rotatable bonds is 3. The molecule has 6 heteroatoms. The van der Waals surface area contributed by atoms with Gasteiger partial charge in [0, 0.05) is 12.4 Å². The van der Waals surface area contributed by atoms with E-state index in [1.54, 1.807) is 12.3 Å². The van der Waals surface area contributed by atoms with Crippen molar-refractivity contribution in [1.82, 2.24) is 9.78 Å². The third kappa shape index (κ3) is 3.38. The molecule has 0 radical (unpaired) electrons. The van der Waals surface area contributed by atoms with E-state index in [0.717, 1.165) is 0 Å². The monoisotopic (exact) mass is 180 g/mol. The van der Waals surface area contributed by atoms with E-state index in [9.17, 15) is 13.2 Å². The molecular formula is C6H7F3N2O. The number of hydrogen-bond acceptors (Lipinski definition) is 2. The lowest BCUT2D eigenvalue weighted by atomic mass is 10.7. The molecule has 0 aliphatic carbocycles. The van der Waals surface area contributed by atoms with Crippen LogP contribution in [0.1, 0.15) is 0 Å². The van der Waals surface area contributed by atoms with Gasteiger partial charge in [-0.15, -0.1) is 13.2 Å². The summed E-state index contributed by atoms with van der Waals surface area (Å²) in [6.45, 7) is -0.308. The Morgan fingerprint density at radius 1 is 1.42 bits per heavy atom. The van der Waals surface area contributed by atoms with Crippen LogP contribution in [0.15, 0.2) is 18.5 Å². The second-order valence-electron chi connectivity index (χ2n) is 2.06. The average molecular weight is 180 g/mol. The van der Waals surface area contributed by atoms with Gasteiger partial charge in [-0.05, 0) is 6.07 Å². The van der Waals surface area contributed by atoms with E-state index in [2.05, 4.69) is 9.84 Å². The first kappa shape index (κ1) is 9.05. The summed E-state index contributed by atoms with van der Waals surface area (Å²) in [7, 11) is 0. The van der Waals surface area contributed by atoms with Crippen molar-refractivity contribution >= 4 is 0 Å². The molecule has 0 fully saturated rings. The highest BCUT2D eigenvalue weighted by molar-refractivity contribution is 4.77. The van der Waals surface area contributed by atoms with Gasteiger partial charge in [-0.2, -0.15) is 5.10 Å². The zero-order valence-corrected chi connectivity index (χ0v) is 6.08. The van der Waals surface area contributed by atoms with Gasteiger partial charge in [-0.3, -0.25) is 9.42 Å². The molecule has 68 valence electrons. The number of alkyl halides is 3. The molecule has 0 saturated carbocycles. The van der Waals surface area contributed by atoms with Crippen molar-refractivity contribution < 1.29 is 17.9 Å². The summed E-state index contributed by atoms with van der Waals surface area (Å²) < 4.78 is 39.2. The van der Waals surface area contributed by atoms with E-state index < -0.39 is 13.0 Å². The Balaban J connectivity index is 2.20. The molecular weight excluding hydrogens is 173 g/mol. The summed E-state index contributed by atoms with van der Waals surface area (Å²) >= 11 is 0. The molecule has 0 unspecified atom stereocenters. The first-order valence-electron chi connectivity index (χ1n) is 3.26. The molecule has 1 aromatic rings. The lowest BCUT2D eigenvalue weighted by Crippen LogP contribution is -2.17. The Morgan fingerprint density at radius 2 is 2.17 bits per heavy atom. The Morgan fingerprint density at radius 3 is 2.67 bits per heavy atom. The van der Waals surface area contributed by atoms with Gasteiger partial charge in [0.1, 0.15) is 0 Å². The van der Waals surface area contributed by atoms with Gasteiger partial charge >= 0.3 is 6.36 Å². The van der Waals surface area contributed by atoms with Crippen LogP contribution in [-0.2, 0) is 11.3 Å². The van der Waals surface area contributed by atoms with E-state index >= 15 is 0 Å². The number of halogens is 3. The normalized spacial score (nSPS) is 11.9. The van der Waals surface area contributed by atoms with Gasteiger partial charge in [-0.25, -0.2) is 0 Å². The maximum atomic E-state index is 11.4. The molecule has 1 rings (SSSR count). The summed E-state index contributed by atoms with van der Waals surface area (Å²) in [5, 5.41) is 3.71. The predicted molar refractivity (Wildman–Crippen MR) is 34.2 cm³/mol. The first-order chi connectivity index (χ1) is 5.58. The Bertz CT molecular complexity index is 219. The van der Waals surface area contributed by atoms with Crippen LogP contribution in [0, 0.1) is 0 Å². The second kappa shape index (κ2) is 3.57. The molecule has 0 aromatic carbocycles. The van der Waals surface area contributed by atoms with Crippen LogP contribution in [0.5, 0.6) is 0 Å². The van der Waals surface area contributed by atoms with Crippen LogP contribution in [0.4, 0.5) is 13.2 Å². The molecule has 1 heterocycles. The number of aromatic nitrogens is 2. The van der Waals surface area contributed by atoms with Crippen LogP contribution < -0.4 is 0 Å². The Kier molecular flexibility index (Phi) is 2.69. The van der Waals surface area contributed by atoms with Crippen molar-refractivity contribution in [2.24, 2.45) is 0 Å². The fourth-order valence-corrected chi connectivity index (χ4v) is 0.688. The van der Waals surface area contributed by atoms with Crippen molar-refractivity contribution in [1.29, 1.82) is 0 Å². The van der Waals surface area contributed by atoms with Crippen molar-refractivity contribution in [3.05, 3.63) is 18.5 Å². The van der Waals surface area contributed by atoms with Crippen molar-refractivity contribution in [2.75, 3.05) is 6.61 Å². The second-order valence-corrected chi connectivity index (χ2v) is 2.06. The molecule has 0 aliphatic heterocycles. The van der Waals surface area contributed by atoms with E-state index in [1.807, 2.05) is 0 Å². The van der Waals surface area contributed by atoms with E-state index in [1.165, 1.54) is 10.9 Å². The zero-order chi connectivity index (χ0) is 9.03. The van der Waals surface area contributed by atoms with Gasteiger partial charge in [0.15, 0.2) is 0 Å². The molecule has 0 atom stereocenters. The van der Waals surface area contributed by atoms with Crippen LogP contribution >= 0.6 is 0 Å². The largest absolute Gasteiger partial charge is 0.522 e. The summed E-state index contributed by atoms with van der Waals surface area (Å²) in [5.74, 6) is 0. The van der Waals surface area contributed by atoms with E-state index in [0.29, 0.717) is 0 Å². The van der Waals surface area contributed by atoms with E-state index in [4.69, 9.17) is 0 Å². The van der Waals surface area contributed by atoms with E-state index in [-0.39, 0.29) is 6.54 Å². The molecule has 0 bridgehead atoms. The average Bonchev–Trinajstić information content (AvgIpc) is 2.36. The molecule has 0 saturated heterocycles. The summed E-state index contributed by atoms with van der Waals surface area (Å²) in [4.78, 5) is 0. The predicted octanol–water partition coefficient (Wildman–Crippen LogP) is 1.42. The molecule has 0 amide bonds. The standard InChI is InChI=1S/C6H7F3N2O/c7-6(8,9)12-5-4-11-3-1-2-10-11/h1-3H,4-5H2. The minimum atomic E-state index is -4.55. The fourth-order valence-electron chi connectivity index (χ4n) is 0.688. The maximum Gasteiger partial charge on any atom is 0.522 e. The molecule has 0 aliphatic rings. The highest BCUT2D eigenvalue weighted by Gasteiger charge is 2.28. The third-order valence-electron chi connectivity index (χ3n) is 1.15. The van der Waals surface area contributed by atoms with Gasteiger partial charge in [-0.1, -0.05) is 0 Å². The lowest BCUT2D eigenvalue weighted by Gasteiger charge is -2.06. The van der Waals surface area contributed by atoms with Gasteiger partial charge in [0.05, 0.1) is 13.2 Å². The van der Waals surface area contributed by atoms with Crippen LogP contribution in [0.25, 0.3) is 0 Å². The third-order valence-corrected chi connectivity index (χ3v) is 1.15. The molecule has 0 spiro atoms. The Hall–Kier alpha value is -1.04. The van der Waals surface area contributed by atoms with Crippen molar-refractivity contribution in [2.45, 2.75) is 12.9 Å². The number of ether oxygens (including phenoxy) is 1. The topological polar surface area (TPSA) is 27.1 Å². The quantitative estimate of drug-likeness (QED) is 0.703. The van der Waals surface area contributed by atoms with Gasteiger partial charge < -0.3 is 0 Å². The molecule has 3 nitrogen and oxygen atoms in total. The van der Waals surface area contributed by atoms with Gasteiger partial charge in [0.2, 0.25) is 0 Å². The summed E-state index contributed by atoms with van der Waals surface area (Å²) in [5.41, 5.74) is 0. The minimum Gasteiger partial charge on any atom is -0.290 e. The first-order valence-corrected chi connectivity index (χ1v) is 3.26. The number of hydrogen-bond donors (Lipinski definition) is 0. The maximum absolute atomic E-state index is 11.4. The molecule has 12 heavy (non-hydrogen) atoms. The van der Waals surface area contributed by atoms with Crippen LogP contribution in [0.2, 0.25) is 0 Å². The van der Waals surface area contributed by atoms with Crippen LogP contribution in [0.3, 0.4) is 0 Å². The fraction of sp³-hybridized carbons (Fsp3) is 0.500. The molecule has 1 aromatic heterocycles.